The average molecular weight is 254 g/mol. The van der Waals surface area contributed by atoms with Gasteiger partial charge in [0.05, 0.1) is 6.10 Å². The van der Waals surface area contributed by atoms with Crippen LogP contribution < -0.4 is 0 Å². The van der Waals surface area contributed by atoms with Gasteiger partial charge in [0.25, 0.3) is 0 Å². The average Bonchev–Trinajstić information content (AvgIpc) is 2.30. The van der Waals surface area contributed by atoms with Crippen LogP contribution in [0, 0.1) is 0 Å². The highest BCUT2D eigenvalue weighted by Gasteiger charge is 2.04. The lowest BCUT2D eigenvalue weighted by Gasteiger charge is -2.10. The number of carbonyl (C=O) groups is 1. The first-order valence-corrected chi connectivity index (χ1v) is 7.39. The molecule has 18 heavy (non-hydrogen) atoms. The number of carbonyl (C=O) groups excluding carboxylic acids is 1. The molecule has 0 aromatic heterocycles. The molecule has 0 aromatic carbocycles. The van der Waals surface area contributed by atoms with Crippen LogP contribution in [-0.4, -0.2) is 12.1 Å². The Labute approximate surface area is 113 Å². The van der Waals surface area contributed by atoms with Gasteiger partial charge in [-0.25, -0.2) is 0 Å². The molecular weight excluding hydrogens is 224 g/mol. The van der Waals surface area contributed by atoms with Crippen molar-refractivity contribution < 1.29 is 9.53 Å². The Hall–Kier alpha value is -0.790. The number of ether oxygens (including phenoxy) is 1. The van der Waals surface area contributed by atoms with E-state index < -0.39 is 0 Å². The second-order valence-electron chi connectivity index (χ2n) is 5.21. The quantitative estimate of drug-likeness (QED) is 0.311. The Balaban J connectivity index is 3.42. The number of hydrogen-bond acceptors (Lipinski definition) is 2. The minimum absolute atomic E-state index is 0.0735. The van der Waals surface area contributed by atoms with Crippen LogP contribution in [0.5, 0.6) is 0 Å². The van der Waals surface area contributed by atoms with Gasteiger partial charge in [-0.15, -0.1) is 0 Å². The first-order chi connectivity index (χ1) is 8.56. The molecule has 0 amide bonds. The molecule has 0 aromatic rings. The molecule has 0 aliphatic rings. The maximum absolute atomic E-state index is 10.7. The summed E-state index contributed by atoms with van der Waals surface area (Å²) < 4.78 is 5.09. The molecule has 0 saturated heterocycles. The van der Waals surface area contributed by atoms with E-state index in [1.54, 1.807) is 0 Å². The molecule has 0 N–H and O–H groups in total. The highest BCUT2D eigenvalue weighted by atomic mass is 16.5. The van der Waals surface area contributed by atoms with E-state index in [1.807, 2.05) is 6.92 Å². The number of allylic oxidation sites excluding steroid dienone is 2. The fraction of sp³-hybridized carbons (Fsp3) is 0.812. The van der Waals surface area contributed by atoms with Crippen molar-refractivity contribution in [3.63, 3.8) is 0 Å². The highest BCUT2D eigenvalue weighted by Crippen LogP contribution is 2.11. The van der Waals surface area contributed by atoms with E-state index in [0.717, 1.165) is 12.8 Å². The lowest BCUT2D eigenvalue weighted by molar-refractivity contribution is -0.145. The van der Waals surface area contributed by atoms with Gasteiger partial charge in [0.15, 0.2) is 0 Å². The Morgan fingerprint density at radius 3 is 2.50 bits per heavy atom. The van der Waals surface area contributed by atoms with Crippen LogP contribution in [0.15, 0.2) is 11.6 Å². The molecule has 0 bridgehead atoms. The predicted molar refractivity (Wildman–Crippen MR) is 77.6 cm³/mol. The molecule has 0 heterocycles. The summed E-state index contributed by atoms with van der Waals surface area (Å²) in [6.45, 7) is 7.91. The van der Waals surface area contributed by atoms with Crippen molar-refractivity contribution in [1.29, 1.82) is 0 Å². The van der Waals surface area contributed by atoms with Crippen LogP contribution >= 0.6 is 0 Å². The largest absolute Gasteiger partial charge is 0.463 e. The van der Waals surface area contributed by atoms with Crippen LogP contribution in [-0.2, 0) is 9.53 Å². The van der Waals surface area contributed by atoms with E-state index in [1.165, 1.54) is 51.0 Å². The summed E-state index contributed by atoms with van der Waals surface area (Å²) in [6, 6.07) is 0. The minimum atomic E-state index is -0.169. The van der Waals surface area contributed by atoms with Gasteiger partial charge >= 0.3 is 5.97 Å². The predicted octanol–water partition coefficient (Wildman–Crippen LogP) is 5.03. The normalized spacial score (nSPS) is 13.4. The van der Waals surface area contributed by atoms with Crippen molar-refractivity contribution in [2.45, 2.75) is 85.2 Å². The van der Waals surface area contributed by atoms with E-state index in [9.17, 15) is 4.79 Å². The third-order valence-corrected chi connectivity index (χ3v) is 3.10. The SMILES string of the molecule is CCCC/C(C)=C/CCCCCC(C)OC(C)=O. The zero-order valence-corrected chi connectivity index (χ0v) is 12.6. The third-order valence-electron chi connectivity index (χ3n) is 3.10. The Kier molecular flexibility index (Phi) is 10.8. The summed E-state index contributed by atoms with van der Waals surface area (Å²) in [5.41, 5.74) is 1.53. The Bertz CT molecular complexity index is 243. The monoisotopic (exact) mass is 254 g/mol. The van der Waals surface area contributed by atoms with Gasteiger partial charge in [-0.1, -0.05) is 31.4 Å². The first-order valence-electron chi connectivity index (χ1n) is 7.39. The van der Waals surface area contributed by atoms with Gasteiger partial charge in [-0.2, -0.15) is 0 Å². The van der Waals surface area contributed by atoms with Crippen molar-refractivity contribution in [3.05, 3.63) is 11.6 Å². The highest BCUT2D eigenvalue weighted by molar-refractivity contribution is 5.66. The zero-order chi connectivity index (χ0) is 13.8. The molecule has 0 radical (unpaired) electrons. The fourth-order valence-corrected chi connectivity index (χ4v) is 2.00. The van der Waals surface area contributed by atoms with Gasteiger partial charge in [-0.05, 0) is 52.4 Å². The fourth-order valence-electron chi connectivity index (χ4n) is 2.00. The molecule has 2 heteroatoms. The van der Waals surface area contributed by atoms with E-state index >= 15 is 0 Å². The summed E-state index contributed by atoms with van der Waals surface area (Å²) in [6.07, 6.45) is 12.1. The Morgan fingerprint density at radius 2 is 1.89 bits per heavy atom. The number of rotatable bonds is 10. The molecule has 0 fully saturated rings. The summed E-state index contributed by atoms with van der Waals surface area (Å²) in [5.74, 6) is -0.169. The van der Waals surface area contributed by atoms with Crippen LogP contribution in [0.2, 0.25) is 0 Å². The minimum Gasteiger partial charge on any atom is -0.463 e. The molecule has 0 aliphatic carbocycles. The summed E-state index contributed by atoms with van der Waals surface area (Å²) in [7, 11) is 0. The molecule has 1 atom stereocenters. The van der Waals surface area contributed by atoms with Crippen molar-refractivity contribution in [3.8, 4) is 0 Å². The maximum atomic E-state index is 10.7. The number of hydrogen-bond donors (Lipinski definition) is 0. The van der Waals surface area contributed by atoms with Crippen molar-refractivity contribution in [2.24, 2.45) is 0 Å². The molecule has 0 spiro atoms. The zero-order valence-electron chi connectivity index (χ0n) is 12.6. The number of esters is 1. The van der Waals surface area contributed by atoms with Crippen molar-refractivity contribution in [2.75, 3.05) is 0 Å². The van der Waals surface area contributed by atoms with Crippen LogP contribution in [0.4, 0.5) is 0 Å². The lowest BCUT2D eigenvalue weighted by atomic mass is 10.1. The smallest absolute Gasteiger partial charge is 0.302 e. The molecule has 0 aliphatic heterocycles. The van der Waals surface area contributed by atoms with Crippen LogP contribution in [0.1, 0.15) is 79.1 Å². The topological polar surface area (TPSA) is 26.3 Å². The summed E-state index contributed by atoms with van der Waals surface area (Å²) in [4.78, 5) is 10.7. The van der Waals surface area contributed by atoms with Crippen molar-refractivity contribution in [1.82, 2.24) is 0 Å². The first kappa shape index (κ1) is 17.2. The van der Waals surface area contributed by atoms with Crippen LogP contribution in [0.25, 0.3) is 0 Å². The second-order valence-corrected chi connectivity index (χ2v) is 5.21. The molecular formula is C16H30O2. The van der Waals surface area contributed by atoms with Gasteiger partial charge in [0, 0.05) is 6.92 Å². The van der Waals surface area contributed by atoms with E-state index in [0.29, 0.717) is 0 Å². The molecule has 106 valence electrons. The van der Waals surface area contributed by atoms with Gasteiger partial charge in [0.1, 0.15) is 0 Å². The Morgan fingerprint density at radius 1 is 1.17 bits per heavy atom. The summed E-state index contributed by atoms with van der Waals surface area (Å²) >= 11 is 0. The van der Waals surface area contributed by atoms with Gasteiger partial charge in [-0.3, -0.25) is 4.79 Å². The third kappa shape index (κ3) is 11.7. The lowest BCUT2D eigenvalue weighted by Crippen LogP contribution is -2.11. The molecule has 1 unspecified atom stereocenters. The van der Waals surface area contributed by atoms with Gasteiger partial charge in [0.2, 0.25) is 0 Å². The second kappa shape index (κ2) is 11.3. The standard InChI is InChI=1S/C16H30O2/c1-5-6-11-14(2)12-9-7-8-10-13-15(3)18-16(4)17/h12,15H,5-11,13H2,1-4H3/b14-12+. The van der Waals surface area contributed by atoms with Gasteiger partial charge < -0.3 is 4.74 Å². The van der Waals surface area contributed by atoms with E-state index in [4.69, 9.17) is 4.74 Å². The van der Waals surface area contributed by atoms with Crippen molar-refractivity contribution >= 4 is 5.97 Å². The molecule has 2 nitrogen and oxygen atoms in total. The molecule has 0 rings (SSSR count). The molecule has 0 saturated carbocycles. The summed E-state index contributed by atoms with van der Waals surface area (Å²) in [5, 5.41) is 0. The number of unbranched alkanes of at least 4 members (excludes halogenated alkanes) is 4. The van der Waals surface area contributed by atoms with Crippen LogP contribution in [0.3, 0.4) is 0 Å². The van der Waals surface area contributed by atoms with E-state index in [-0.39, 0.29) is 12.1 Å². The van der Waals surface area contributed by atoms with E-state index in [2.05, 4.69) is 19.9 Å². The maximum Gasteiger partial charge on any atom is 0.302 e.